The maximum absolute atomic E-state index is 5.30. The molecule has 2 heteroatoms. The predicted molar refractivity (Wildman–Crippen MR) is 71.3 cm³/mol. The van der Waals surface area contributed by atoms with Crippen LogP contribution in [0.3, 0.4) is 0 Å². The summed E-state index contributed by atoms with van der Waals surface area (Å²) in [6.07, 6.45) is 5.98. The normalized spacial score (nSPS) is 8.40. The van der Waals surface area contributed by atoms with Gasteiger partial charge in [0.05, 0.1) is 0 Å². The van der Waals surface area contributed by atoms with Gasteiger partial charge in [-0.05, 0) is 19.4 Å². The molecule has 0 aliphatic heterocycles. The molecular weight excluding hydrogens is 186 g/mol. The summed E-state index contributed by atoms with van der Waals surface area (Å²) in [7, 11) is 0. The average molecular weight is 219 g/mol. The Labute approximate surface area is 97.6 Å². The summed E-state index contributed by atoms with van der Waals surface area (Å²) < 4.78 is 5.30. The number of unbranched alkanes of at least 4 members (excludes halogenated alkanes) is 2. The quantitative estimate of drug-likeness (QED) is 0.657. The zero-order valence-electron chi connectivity index (χ0n) is 11.6. The van der Waals surface area contributed by atoms with E-state index in [0.29, 0.717) is 0 Å². The summed E-state index contributed by atoms with van der Waals surface area (Å²) in [5.74, 6) is 0. The van der Waals surface area contributed by atoms with Gasteiger partial charge in [-0.15, -0.1) is 0 Å². The molecule has 0 aliphatic rings. The molecule has 0 aromatic carbocycles. The van der Waals surface area contributed by atoms with Gasteiger partial charge in [0.2, 0.25) is 0 Å². The molecular formula is C13H33NO. The molecule has 0 aromatic heterocycles. The van der Waals surface area contributed by atoms with E-state index in [9.17, 15) is 0 Å². The molecule has 0 aliphatic carbocycles. The first-order valence-corrected chi connectivity index (χ1v) is 6.61. The van der Waals surface area contributed by atoms with Gasteiger partial charge in [0, 0.05) is 13.2 Å². The first kappa shape index (κ1) is 20.3. The van der Waals surface area contributed by atoms with Crippen LogP contribution in [0.15, 0.2) is 0 Å². The van der Waals surface area contributed by atoms with Crippen molar-refractivity contribution in [3.63, 3.8) is 0 Å². The van der Waals surface area contributed by atoms with Crippen LogP contribution in [0.5, 0.6) is 0 Å². The molecule has 0 heterocycles. The van der Waals surface area contributed by atoms with Crippen LogP contribution in [0.4, 0.5) is 0 Å². The number of rotatable bonds is 7. The van der Waals surface area contributed by atoms with Gasteiger partial charge in [-0.3, -0.25) is 0 Å². The summed E-state index contributed by atoms with van der Waals surface area (Å²) in [6.45, 7) is 12.9. The van der Waals surface area contributed by atoms with E-state index in [1.54, 1.807) is 0 Å². The van der Waals surface area contributed by atoms with Gasteiger partial charge in [-0.25, -0.2) is 0 Å². The number of hydrogen-bond acceptors (Lipinski definition) is 2. The fraction of sp³-hybridized carbons (Fsp3) is 1.00. The molecule has 0 unspecified atom stereocenters. The molecule has 15 heavy (non-hydrogen) atoms. The lowest BCUT2D eigenvalue weighted by Gasteiger charge is -2.00. The maximum Gasteiger partial charge on any atom is 0.0478 e. The van der Waals surface area contributed by atoms with Crippen molar-refractivity contribution in [2.45, 2.75) is 66.7 Å². The molecule has 0 rings (SSSR count). The van der Waals surface area contributed by atoms with E-state index >= 15 is 0 Å². The number of hydrogen-bond donors (Lipinski definition) is 1. The zero-order valence-corrected chi connectivity index (χ0v) is 11.6. The summed E-state index contributed by atoms with van der Waals surface area (Å²) in [5, 5.41) is 0. The van der Waals surface area contributed by atoms with E-state index in [4.69, 9.17) is 10.5 Å². The molecule has 2 nitrogen and oxygen atoms in total. The van der Waals surface area contributed by atoms with Crippen molar-refractivity contribution >= 4 is 0 Å². The third-order valence-electron chi connectivity index (χ3n) is 1.39. The Morgan fingerprint density at radius 3 is 1.73 bits per heavy atom. The Morgan fingerprint density at radius 2 is 1.33 bits per heavy atom. The van der Waals surface area contributed by atoms with Gasteiger partial charge in [0.15, 0.2) is 0 Å². The van der Waals surface area contributed by atoms with Crippen molar-refractivity contribution in [1.29, 1.82) is 0 Å². The van der Waals surface area contributed by atoms with Crippen molar-refractivity contribution in [3.05, 3.63) is 0 Å². The Balaban J connectivity index is -0.000000245. The van der Waals surface area contributed by atoms with Crippen LogP contribution in [-0.2, 0) is 4.74 Å². The molecule has 0 spiro atoms. The van der Waals surface area contributed by atoms with Gasteiger partial charge in [-0.2, -0.15) is 0 Å². The Morgan fingerprint density at radius 1 is 0.867 bits per heavy atom. The van der Waals surface area contributed by atoms with Crippen molar-refractivity contribution < 1.29 is 4.74 Å². The van der Waals surface area contributed by atoms with Crippen LogP contribution in [0.2, 0.25) is 0 Å². The second-order valence-electron chi connectivity index (χ2n) is 3.17. The van der Waals surface area contributed by atoms with Gasteiger partial charge in [-0.1, -0.05) is 53.9 Å². The largest absolute Gasteiger partial charge is 0.381 e. The van der Waals surface area contributed by atoms with E-state index in [-0.39, 0.29) is 0 Å². The summed E-state index contributed by atoms with van der Waals surface area (Å²) in [5.41, 5.74) is 5.29. The molecule has 0 fully saturated rings. The lowest BCUT2D eigenvalue weighted by molar-refractivity contribution is 0.129. The van der Waals surface area contributed by atoms with E-state index in [0.717, 1.165) is 26.2 Å². The van der Waals surface area contributed by atoms with Crippen molar-refractivity contribution in [1.82, 2.24) is 0 Å². The number of nitrogens with two attached hydrogens (primary N) is 1. The summed E-state index contributed by atoms with van der Waals surface area (Å²) in [4.78, 5) is 0. The highest BCUT2D eigenvalue weighted by molar-refractivity contribution is 4.38. The summed E-state index contributed by atoms with van der Waals surface area (Å²) >= 11 is 0. The first-order valence-electron chi connectivity index (χ1n) is 6.61. The molecule has 0 aromatic rings. The molecule has 0 amide bonds. The Kier molecular flexibility index (Phi) is 39.6. The molecule has 0 saturated heterocycles. The lowest BCUT2D eigenvalue weighted by Crippen LogP contribution is -2.04. The van der Waals surface area contributed by atoms with Gasteiger partial charge >= 0.3 is 0 Å². The highest BCUT2D eigenvalue weighted by Gasteiger charge is 1.86. The molecule has 96 valence electrons. The molecule has 0 radical (unpaired) electrons. The van der Waals surface area contributed by atoms with E-state index in [2.05, 4.69) is 20.8 Å². The predicted octanol–water partition coefficient (Wildman–Crippen LogP) is 3.98. The van der Waals surface area contributed by atoms with Gasteiger partial charge in [0.25, 0.3) is 0 Å². The Bertz CT molecular complexity index is 59.6. The Hall–Kier alpha value is -0.0800. The van der Waals surface area contributed by atoms with Crippen LogP contribution < -0.4 is 5.73 Å². The van der Waals surface area contributed by atoms with Crippen molar-refractivity contribution in [3.8, 4) is 0 Å². The monoisotopic (exact) mass is 219 g/mol. The minimum atomic E-state index is 0.744. The van der Waals surface area contributed by atoms with E-state index in [1.165, 1.54) is 25.7 Å². The fourth-order valence-corrected chi connectivity index (χ4v) is 0.742. The second-order valence-corrected chi connectivity index (χ2v) is 3.17. The van der Waals surface area contributed by atoms with Crippen LogP contribution in [0, 0.1) is 0 Å². The second kappa shape index (κ2) is 29.2. The smallest absolute Gasteiger partial charge is 0.0478 e. The minimum absolute atomic E-state index is 0.744. The fourth-order valence-electron chi connectivity index (χ4n) is 0.742. The molecule has 2 N–H and O–H groups in total. The highest BCUT2D eigenvalue weighted by Crippen LogP contribution is 1.93. The highest BCUT2D eigenvalue weighted by atomic mass is 16.5. The van der Waals surface area contributed by atoms with Crippen LogP contribution >= 0.6 is 0 Å². The molecule has 0 bridgehead atoms. The summed E-state index contributed by atoms with van der Waals surface area (Å²) in [6, 6.07) is 0. The minimum Gasteiger partial charge on any atom is -0.381 e. The van der Waals surface area contributed by atoms with Crippen LogP contribution in [-0.4, -0.2) is 19.8 Å². The SMILES string of the molecule is CC.CCC.CCCCCOCCCN. The number of ether oxygens (including phenoxy) is 1. The topological polar surface area (TPSA) is 35.2 Å². The maximum atomic E-state index is 5.30. The van der Waals surface area contributed by atoms with Crippen LogP contribution in [0.25, 0.3) is 0 Å². The standard InChI is InChI=1S/C8H19NO.C3H8.C2H6/c1-2-3-4-7-10-8-5-6-9;1-3-2;1-2/h2-9H2,1H3;3H2,1-2H3;1-2H3. The third-order valence-corrected chi connectivity index (χ3v) is 1.39. The van der Waals surface area contributed by atoms with Gasteiger partial charge in [0.1, 0.15) is 0 Å². The van der Waals surface area contributed by atoms with Crippen molar-refractivity contribution in [2.75, 3.05) is 19.8 Å². The lowest BCUT2D eigenvalue weighted by atomic mass is 10.3. The zero-order chi connectivity index (χ0) is 12.4. The van der Waals surface area contributed by atoms with E-state index < -0.39 is 0 Å². The van der Waals surface area contributed by atoms with Crippen LogP contribution in [0.1, 0.15) is 66.7 Å². The third kappa shape index (κ3) is 41.3. The first-order chi connectivity index (χ1) is 7.33. The van der Waals surface area contributed by atoms with Gasteiger partial charge < -0.3 is 10.5 Å². The molecule has 0 atom stereocenters. The molecule has 0 saturated carbocycles. The van der Waals surface area contributed by atoms with Crippen molar-refractivity contribution in [2.24, 2.45) is 5.73 Å². The average Bonchev–Trinajstić information content (AvgIpc) is 2.27. The van der Waals surface area contributed by atoms with E-state index in [1.807, 2.05) is 13.8 Å².